The summed E-state index contributed by atoms with van der Waals surface area (Å²) in [5.74, 6) is 5.82. The van der Waals surface area contributed by atoms with Crippen LogP contribution in [0.25, 0.3) is 0 Å². The fourth-order valence-electron chi connectivity index (χ4n) is 0.302. The summed E-state index contributed by atoms with van der Waals surface area (Å²) >= 11 is 0. The molecule has 0 atom stereocenters. The van der Waals surface area contributed by atoms with E-state index in [1.54, 1.807) is 0 Å². The predicted octanol–water partition coefficient (Wildman–Crippen LogP) is 0.776. The molecule has 0 aliphatic rings. The first-order valence-electron chi connectivity index (χ1n) is 2.67. The van der Waals surface area contributed by atoms with Crippen LogP contribution in [0.5, 0.6) is 0 Å². The van der Waals surface area contributed by atoms with Gasteiger partial charge in [-0.1, -0.05) is 5.92 Å². The van der Waals surface area contributed by atoms with Gasteiger partial charge in [0.25, 0.3) is 0 Å². The lowest BCUT2D eigenvalue weighted by atomic mass is 10.4. The summed E-state index contributed by atoms with van der Waals surface area (Å²) in [5, 5.41) is 0. The van der Waals surface area contributed by atoms with E-state index in [4.69, 9.17) is 0 Å². The van der Waals surface area contributed by atoms with E-state index >= 15 is 0 Å². The molecule has 0 aromatic heterocycles. The van der Waals surface area contributed by atoms with Crippen LogP contribution in [0.15, 0.2) is 0 Å². The van der Waals surface area contributed by atoms with E-state index in [0.29, 0.717) is 6.42 Å². The second kappa shape index (κ2) is 4.67. The van der Waals surface area contributed by atoms with Crippen molar-refractivity contribution in [2.24, 2.45) is 0 Å². The minimum Gasteiger partial charge on any atom is -0.299 e. The molecule has 1 nitrogen and oxygen atoms in total. The van der Waals surface area contributed by atoms with Crippen molar-refractivity contribution in [1.82, 2.24) is 4.90 Å². The molecule has 0 spiro atoms. The average molecular weight is 110 g/mol. The summed E-state index contributed by atoms with van der Waals surface area (Å²) in [6, 6.07) is 0. The molecule has 0 aliphatic heterocycles. The molecule has 0 fully saturated rings. The van der Waals surface area contributed by atoms with E-state index in [1.165, 1.54) is 0 Å². The number of rotatable bonds is 1. The molecule has 0 amide bonds. The maximum absolute atomic E-state index is 3.59. The van der Waals surface area contributed by atoms with Crippen LogP contribution in [0.3, 0.4) is 0 Å². The summed E-state index contributed by atoms with van der Waals surface area (Å²) < 4.78 is 0. The monoisotopic (exact) mass is 110 g/mol. The maximum Gasteiger partial charge on any atom is 0.0596 e. The Bertz CT molecular complexity index is 94.7. The van der Waals surface area contributed by atoms with Crippen molar-refractivity contribution in [3.05, 3.63) is 6.92 Å². The highest BCUT2D eigenvalue weighted by Crippen LogP contribution is 1.70. The topological polar surface area (TPSA) is 3.24 Å². The second-order valence-electron chi connectivity index (χ2n) is 1.84. The highest BCUT2D eigenvalue weighted by molar-refractivity contribution is 5.00. The second-order valence-corrected chi connectivity index (χ2v) is 1.84. The molecular formula is C7H12N. The van der Waals surface area contributed by atoms with Crippen LogP contribution >= 0.6 is 0 Å². The molecule has 0 bridgehead atoms. The fourth-order valence-corrected chi connectivity index (χ4v) is 0.302. The standard InChI is InChI=1S/C7H12N/c1-4-5-6-7-8(2)3/h1,4,7H2,2-3H3. The first-order chi connectivity index (χ1) is 3.77. The molecular weight excluding hydrogens is 98.1 g/mol. The van der Waals surface area contributed by atoms with Crippen LogP contribution in [-0.2, 0) is 0 Å². The lowest BCUT2D eigenvalue weighted by Gasteiger charge is -2.00. The third kappa shape index (κ3) is 5.52. The van der Waals surface area contributed by atoms with Gasteiger partial charge in [0.1, 0.15) is 0 Å². The Morgan fingerprint density at radius 1 is 1.38 bits per heavy atom. The van der Waals surface area contributed by atoms with Crippen LogP contribution in [0.4, 0.5) is 0 Å². The van der Waals surface area contributed by atoms with Crippen LogP contribution in [-0.4, -0.2) is 25.5 Å². The molecule has 1 heteroatoms. The molecule has 1 radical (unpaired) electrons. The Labute approximate surface area is 51.7 Å². The van der Waals surface area contributed by atoms with Gasteiger partial charge in [-0.15, -0.1) is 5.92 Å². The normalized spacial score (nSPS) is 8.50. The minimum atomic E-state index is 0.716. The van der Waals surface area contributed by atoms with Gasteiger partial charge in [-0.2, -0.15) is 0 Å². The highest BCUT2D eigenvalue weighted by Gasteiger charge is 1.77. The van der Waals surface area contributed by atoms with E-state index < -0.39 is 0 Å². The molecule has 8 heavy (non-hydrogen) atoms. The predicted molar refractivity (Wildman–Crippen MR) is 36.3 cm³/mol. The van der Waals surface area contributed by atoms with E-state index in [-0.39, 0.29) is 0 Å². The Balaban J connectivity index is 3.15. The lowest BCUT2D eigenvalue weighted by molar-refractivity contribution is 0.464. The molecule has 0 unspecified atom stereocenters. The van der Waals surface area contributed by atoms with Crippen molar-refractivity contribution in [1.29, 1.82) is 0 Å². The number of nitrogens with zero attached hydrogens (tertiary/aromatic N) is 1. The number of hydrogen-bond donors (Lipinski definition) is 0. The summed E-state index contributed by atoms with van der Waals surface area (Å²) in [4.78, 5) is 2.03. The molecule has 0 rings (SSSR count). The quantitative estimate of drug-likeness (QED) is 0.451. The van der Waals surface area contributed by atoms with E-state index in [1.807, 2.05) is 19.0 Å². The Morgan fingerprint density at radius 3 is 2.38 bits per heavy atom. The lowest BCUT2D eigenvalue weighted by Crippen LogP contribution is -2.10. The van der Waals surface area contributed by atoms with Crippen molar-refractivity contribution < 1.29 is 0 Å². The Kier molecular flexibility index (Phi) is 4.39. The molecule has 0 aromatic carbocycles. The maximum atomic E-state index is 3.59. The summed E-state index contributed by atoms with van der Waals surface area (Å²) in [6.45, 7) is 4.43. The fraction of sp³-hybridized carbons (Fsp3) is 0.571. The van der Waals surface area contributed by atoms with Gasteiger partial charge >= 0.3 is 0 Å². The number of hydrogen-bond acceptors (Lipinski definition) is 1. The van der Waals surface area contributed by atoms with Gasteiger partial charge in [0.05, 0.1) is 6.54 Å². The van der Waals surface area contributed by atoms with E-state index in [2.05, 4.69) is 18.8 Å². The zero-order chi connectivity index (χ0) is 6.41. The van der Waals surface area contributed by atoms with E-state index in [0.717, 1.165) is 6.54 Å². The Hall–Kier alpha value is -0.480. The molecule has 0 saturated carbocycles. The van der Waals surface area contributed by atoms with Gasteiger partial charge in [0.15, 0.2) is 0 Å². The van der Waals surface area contributed by atoms with Gasteiger partial charge in [-0.25, -0.2) is 0 Å². The van der Waals surface area contributed by atoms with Gasteiger partial charge in [-0.05, 0) is 21.0 Å². The molecule has 0 saturated heterocycles. The molecule has 45 valence electrons. The smallest absolute Gasteiger partial charge is 0.0596 e. The summed E-state index contributed by atoms with van der Waals surface area (Å²) in [7, 11) is 4.00. The van der Waals surface area contributed by atoms with Crippen molar-refractivity contribution in [3.63, 3.8) is 0 Å². The average Bonchev–Trinajstić information content (AvgIpc) is 1.66. The SMILES string of the molecule is [CH2]CC#CCN(C)C. The molecule has 0 heterocycles. The Morgan fingerprint density at radius 2 is 2.00 bits per heavy atom. The zero-order valence-corrected chi connectivity index (χ0v) is 5.57. The van der Waals surface area contributed by atoms with E-state index in [9.17, 15) is 0 Å². The summed E-state index contributed by atoms with van der Waals surface area (Å²) in [5.41, 5.74) is 0. The van der Waals surface area contributed by atoms with Crippen molar-refractivity contribution in [3.8, 4) is 11.8 Å². The van der Waals surface area contributed by atoms with Crippen molar-refractivity contribution >= 4 is 0 Å². The van der Waals surface area contributed by atoms with Crippen LogP contribution in [0.1, 0.15) is 6.42 Å². The highest BCUT2D eigenvalue weighted by atomic mass is 15.0. The molecule has 0 N–H and O–H groups in total. The minimum absolute atomic E-state index is 0.716. The van der Waals surface area contributed by atoms with Crippen LogP contribution in [0.2, 0.25) is 0 Å². The largest absolute Gasteiger partial charge is 0.299 e. The molecule has 0 aromatic rings. The summed E-state index contributed by atoms with van der Waals surface area (Å²) in [6.07, 6.45) is 0.716. The first-order valence-corrected chi connectivity index (χ1v) is 2.67. The van der Waals surface area contributed by atoms with Gasteiger partial charge in [-0.3, -0.25) is 4.90 Å². The third-order valence-electron chi connectivity index (χ3n) is 0.645. The van der Waals surface area contributed by atoms with Crippen LogP contribution in [0, 0.1) is 18.8 Å². The van der Waals surface area contributed by atoms with Gasteiger partial charge in [0.2, 0.25) is 0 Å². The third-order valence-corrected chi connectivity index (χ3v) is 0.645. The van der Waals surface area contributed by atoms with Gasteiger partial charge < -0.3 is 0 Å². The van der Waals surface area contributed by atoms with Crippen molar-refractivity contribution in [2.75, 3.05) is 20.6 Å². The van der Waals surface area contributed by atoms with Crippen molar-refractivity contribution in [2.45, 2.75) is 6.42 Å². The zero-order valence-electron chi connectivity index (χ0n) is 5.57. The van der Waals surface area contributed by atoms with Crippen LogP contribution < -0.4 is 0 Å². The van der Waals surface area contributed by atoms with Gasteiger partial charge in [0, 0.05) is 6.42 Å². The molecule has 0 aliphatic carbocycles. The first kappa shape index (κ1) is 7.52.